The van der Waals surface area contributed by atoms with Crippen LogP contribution in [0, 0.1) is 5.82 Å². The summed E-state index contributed by atoms with van der Waals surface area (Å²) in [6.07, 6.45) is 0.787. The molecule has 0 aliphatic carbocycles. The van der Waals surface area contributed by atoms with Gasteiger partial charge in [-0.25, -0.2) is 4.39 Å². The Balaban J connectivity index is 2.44. The molecule has 2 heterocycles. The Kier molecular flexibility index (Phi) is 4.39. The molecular formula is C14H15FN4OS2. The zero-order chi connectivity index (χ0) is 15.7. The Morgan fingerprint density at radius 3 is 2.82 bits per heavy atom. The van der Waals surface area contributed by atoms with Gasteiger partial charge in [-0.1, -0.05) is 30.7 Å². The van der Waals surface area contributed by atoms with Crippen molar-refractivity contribution in [3.8, 4) is 0 Å². The Morgan fingerprint density at radius 1 is 1.27 bits per heavy atom. The van der Waals surface area contributed by atoms with E-state index in [0.717, 1.165) is 12.2 Å². The average molecular weight is 338 g/mol. The molecule has 0 amide bonds. The molecule has 0 radical (unpaired) electrons. The van der Waals surface area contributed by atoms with Crippen molar-refractivity contribution in [1.82, 2.24) is 19.2 Å². The molecule has 0 N–H and O–H groups in total. The van der Waals surface area contributed by atoms with Gasteiger partial charge in [0, 0.05) is 12.3 Å². The molecule has 2 aromatic heterocycles. The molecule has 8 heteroatoms. The summed E-state index contributed by atoms with van der Waals surface area (Å²) < 4.78 is 17.6. The van der Waals surface area contributed by atoms with Gasteiger partial charge < -0.3 is 0 Å². The molecule has 1 aromatic carbocycles. The molecule has 0 fully saturated rings. The second-order valence-electron chi connectivity index (χ2n) is 4.70. The van der Waals surface area contributed by atoms with Gasteiger partial charge in [-0.3, -0.25) is 13.8 Å². The number of rotatable bonds is 5. The van der Waals surface area contributed by atoms with E-state index in [0.29, 0.717) is 22.9 Å². The van der Waals surface area contributed by atoms with Crippen molar-refractivity contribution >= 4 is 38.3 Å². The lowest BCUT2D eigenvalue weighted by Crippen LogP contribution is -2.23. The van der Waals surface area contributed by atoms with Gasteiger partial charge in [0.1, 0.15) is 5.82 Å². The zero-order valence-electron chi connectivity index (χ0n) is 12.2. The monoisotopic (exact) mass is 338 g/mol. The van der Waals surface area contributed by atoms with Gasteiger partial charge in [0.2, 0.25) is 10.9 Å². The summed E-state index contributed by atoms with van der Waals surface area (Å²) in [4.78, 5) is 12.6. The highest BCUT2D eigenvalue weighted by Crippen LogP contribution is 2.31. The third kappa shape index (κ3) is 2.40. The normalized spacial score (nSPS) is 11.6. The maximum Gasteiger partial charge on any atom is 0.262 e. The van der Waals surface area contributed by atoms with Crippen molar-refractivity contribution in [3.63, 3.8) is 0 Å². The van der Waals surface area contributed by atoms with E-state index in [1.807, 2.05) is 13.8 Å². The number of aryl methyl sites for hydroxylation is 1. The number of benzene rings is 1. The van der Waals surface area contributed by atoms with E-state index in [1.54, 1.807) is 31.9 Å². The highest BCUT2D eigenvalue weighted by atomic mass is 33.1. The Hall–Kier alpha value is -1.54. The Labute approximate surface area is 134 Å². The fourth-order valence-corrected chi connectivity index (χ4v) is 3.91. The highest BCUT2D eigenvalue weighted by Gasteiger charge is 2.18. The minimum Gasteiger partial charge on any atom is -0.276 e. The third-order valence-corrected chi connectivity index (χ3v) is 5.52. The van der Waals surface area contributed by atoms with Crippen molar-refractivity contribution in [2.24, 2.45) is 0 Å². The molecule has 5 nitrogen and oxygen atoms in total. The molecule has 3 rings (SSSR count). The van der Waals surface area contributed by atoms with Crippen LogP contribution in [-0.2, 0) is 6.54 Å². The molecule has 22 heavy (non-hydrogen) atoms. The van der Waals surface area contributed by atoms with Crippen LogP contribution in [-0.4, -0.2) is 24.9 Å². The van der Waals surface area contributed by atoms with Gasteiger partial charge in [-0.15, -0.1) is 10.2 Å². The average Bonchev–Trinajstić information content (AvgIpc) is 2.93. The predicted octanol–water partition coefficient (Wildman–Crippen LogP) is 3.35. The lowest BCUT2D eigenvalue weighted by atomic mass is 10.2. The summed E-state index contributed by atoms with van der Waals surface area (Å²) in [7, 11) is 3.04. The van der Waals surface area contributed by atoms with E-state index in [-0.39, 0.29) is 11.1 Å². The Bertz CT molecular complexity index is 890. The lowest BCUT2D eigenvalue weighted by Gasteiger charge is -2.10. The maximum absolute atomic E-state index is 14.4. The highest BCUT2D eigenvalue weighted by molar-refractivity contribution is 8.76. The molecule has 0 atom stereocenters. The van der Waals surface area contributed by atoms with Gasteiger partial charge in [0.25, 0.3) is 5.56 Å². The number of aromatic nitrogens is 4. The molecule has 0 bridgehead atoms. The quantitative estimate of drug-likeness (QED) is 0.668. The number of para-hydroxylation sites is 1. The van der Waals surface area contributed by atoms with Crippen molar-refractivity contribution in [2.75, 3.05) is 5.75 Å². The third-order valence-electron chi connectivity index (χ3n) is 3.24. The molecule has 0 unspecified atom stereocenters. The van der Waals surface area contributed by atoms with Crippen LogP contribution in [0.5, 0.6) is 0 Å². The second kappa shape index (κ2) is 6.29. The van der Waals surface area contributed by atoms with E-state index >= 15 is 0 Å². The van der Waals surface area contributed by atoms with E-state index in [1.165, 1.54) is 16.9 Å². The first-order valence-electron chi connectivity index (χ1n) is 7.04. The second-order valence-corrected chi connectivity index (χ2v) is 7.25. The van der Waals surface area contributed by atoms with Crippen LogP contribution in [0.25, 0.3) is 16.7 Å². The summed E-state index contributed by atoms with van der Waals surface area (Å²) in [6.45, 7) is 4.54. The molecule has 0 aliphatic heterocycles. The summed E-state index contributed by atoms with van der Waals surface area (Å²) in [5, 5.41) is 9.19. The molecule has 3 aromatic rings. The SMILES string of the molecule is CCCn1c(=O)c2cccc(F)c2n2c(SSCC)nnc12. The number of halogens is 1. The molecule has 0 saturated heterocycles. The van der Waals surface area contributed by atoms with E-state index in [4.69, 9.17) is 0 Å². The first-order valence-corrected chi connectivity index (χ1v) is 9.36. The predicted molar refractivity (Wildman–Crippen MR) is 89.0 cm³/mol. The van der Waals surface area contributed by atoms with E-state index < -0.39 is 5.82 Å². The van der Waals surface area contributed by atoms with Gasteiger partial charge in [0.05, 0.1) is 10.9 Å². The van der Waals surface area contributed by atoms with Crippen LogP contribution in [0.15, 0.2) is 28.2 Å². The fourth-order valence-electron chi connectivity index (χ4n) is 2.37. The van der Waals surface area contributed by atoms with Crippen molar-refractivity contribution in [3.05, 3.63) is 34.4 Å². The zero-order valence-corrected chi connectivity index (χ0v) is 13.9. The molecule has 0 saturated carbocycles. The van der Waals surface area contributed by atoms with Gasteiger partial charge in [-0.05, 0) is 29.3 Å². The van der Waals surface area contributed by atoms with Crippen molar-refractivity contribution < 1.29 is 4.39 Å². The van der Waals surface area contributed by atoms with Crippen LogP contribution in [0.1, 0.15) is 20.3 Å². The first-order chi connectivity index (χ1) is 10.7. The molecule has 0 spiro atoms. The standard InChI is InChI=1S/C14H15FN4OS2/c1-3-8-18-12(20)9-6-5-7-10(15)11(9)19-13(18)16-17-14(19)22-21-4-2/h5-7H,3-4,8H2,1-2H3. The lowest BCUT2D eigenvalue weighted by molar-refractivity contribution is 0.626. The van der Waals surface area contributed by atoms with Gasteiger partial charge in [-0.2, -0.15) is 0 Å². The number of hydrogen-bond acceptors (Lipinski definition) is 5. The van der Waals surface area contributed by atoms with Crippen LogP contribution in [0.3, 0.4) is 0 Å². The van der Waals surface area contributed by atoms with E-state index in [2.05, 4.69) is 10.2 Å². The topological polar surface area (TPSA) is 52.2 Å². The van der Waals surface area contributed by atoms with Crippen molar-refractivity contribution in [1.29, 1.82) is 0 Å². The fraction of sp³-hybridized carbons (Fsp3) is 0.357. The molecular weight excluding hydrogens is 323 g/mol. The summed E-state index contributed by atoms with van der Waals surface area (Å²) in [5.41, 5.74) is 0.0231. The summed E-state index contributed by atoms with van der Waals surface area (Å²) in [5.74, 6) is 0.851. The summed E-state index contributed by atoms with van der Waals surface area (Å²) in [6, 6.07) is 4.56. The molecule has 116 valence electrons. The number of hydrogen-bond donors (Lipinski definition) is 0. The van der Waals surface area contributed by atoms with Gasteiger partial charge >= 0.3 is 0 Å². The molecule has 0 aliphatic rings. The van der Waals surface area contributed by atoms with E-state index in [9.17, 15) is 9.18 Å². The maximum atomic E-state index is 14.4. The Morgan fingerprint density at radius 2 is 2.09 bits per heavy atom. The number of nitrogens with zero attached hydrogens (tertiary/aromatic N) is 4. The number of fused-ring (bicyclic) bond motifs is 3. The first kappa shape index (κ1) is 15.4. The minimum atomic E-state index is -0.439. The minimum absolute atomic E-state index is 0.226. The van der Waals surface area contributed by atoms with Crippen LogP contribution < -0.4 is 5.56 Å². The van der Waals surface area contributed by atoms with Gasteiger partial charge in [0.15, 0.2) is 0 Å². The smallest absolute Gasteiger partial charge is 0.262 e. The van der Waals surface area contributed by atoms with Crippen LogP contribution >= 0.6 is 21.6 Å². The largest absolute Gasteiger partial charge is 0.276 e. The van der Waals surface area contributed by atoms with Crippen LogP contribution in [0.2, 0.25) is 0 Å². The summed E-state index contributed by atoms with van der Waals surface area (Å²) >= 11 is 0. The van der Waals surface area contributed by atoms with Crippen molar-refractivity contribution in [2.45, 2.75) is 32.0 Å². The van der Waals surface area contributed by atoms with Crippen LogP contribution in [0.4, 0.5) is 4.39 Å².